The fourth-order valence-electron chi connectivity index (χ4n) is 2.24. The number of rotatable bonds is 2. The molecule has 0 unspecified atom stereocenters. The molecule has 1 aromatic heterocycles. The average Bonchev–Trinajstić information content (AvgIpc) is 2.38. The minimum absolute atomic E-state index is 0.585. The summed E-state index contributed by atoms with van der Waals surface area (Å²) in [5, 5.41) is 1.05. The van der Waals surface area contributed by atoms with Crippen LogP contribution in [0.2, 0.25) is 0 Å². The summed E-state index contributed by atoms with van der Waals surface area (Å²) in [6.07, 6.45) is 2.01. The molecule has 0 atom stereocenters. The van der Waals surface area contributed by atoms with Gasteiger partial charge in [0.15, 0.2) is 11.5 Å². The van der Waals surface area contributed by atoms with Gasteiger partial charge in [0.05, 0.1) is 5.52 Å². The fraction of sp³-hybridized carbons (Fsp3) is 0.357. The van der Waals surface area contributed by atoms with Gasteiger partial charge in [-0.3, -0.25) is 0 Å². The number of nitrogens with two attached hydrogens (primary N) is 1. The van der Waals surface area contributed by atoms with Crippen LogP contribution in [-0.4, -0.2) is 18.2 Å². The van der Waals surface area contributed by atoms with Crippen LogP contribution in [0.1, 0.15) is 18.9 Å². The lowest BCUT2D eigenvalue weighted by Gasteiger charge is -2.19. The first-order chi connectivity index (χ1) is 8.78. The smallest absolute Gasteiger partial charge is 0.163 e. The maximum Gasteiger partial charge on any atom is 0.163 e. The van der Waals surface area contributed by atoms with Crippen molar-refractivity contribution in [1.29, 1.82) is 0 Å². The number of benzene rings is 1. The first-order valence-corrected chi connectivity index (χ1v) is 6.26. The maximum absolute atomic E-state index is 5.97. The van der Waals surface area contributed by atoms with Crippen molar-refractivity contribution >= 4 is 16.7 Å². The van der Waals surface area contributed by atoms with E-state index in [1.54, 1.807) is 0 Å². The van der Waals surface area contributed by atoms with E-state index in [1.165, 1.54) is 0 Å². The van der Waals surface area contributed by atoms with Gasteiger partial charge < -0.3 is 15.2 Å². The number of hydrogen-bond acceptors (Lipinski definition) is 4. The topological polar surface area (TPSA) is 57.4 Å². The van der Waals surface area contributed by atoms with Gasteiger partial charge in [0, 0.05) is 11.5 Å². The van der Waals surface area contributed by atoms with Crippen LogP contribution in [0.5, 0.6) is 11.5 Å². The van der Waals surface area contributed by atoms with Gasteiger partial charge in [-0.05, 0) is 24.1 Å². The summed E-state index contributed by atoms with van der Waals surface area (Å²) in [6.45, 7) is 3.32. The predicted molar refractivity (Wildman–Crippen MR) is 71.1 cm³/mol. The molecule has 0 aliphatic carbocycles. The molecule has 0 amide bonds. The number of hydrogen-bond donors (Lipinski definition) is 1. The molecular weight excluding hydrogens is 228 g/mol. The van der Waals surface area contributed by atoms with Crippen LogP contribution in [-0.2, 0) is 6.42 Å². The van der Waals surface area contributed by atoms with Gasteiger partial charge in [0.2, 0.25) is 0 Å². The number of ether oxygens (including phenoxy) is 2. The molecular formula is C14H16N2O2. The van der Waals surface area contributed by atoms with E-state index in [2.05, 4.69) is 18.0 Å². The molecule has 94 valence electrons. The summed E-state index contributed by atoms with van der Waals surface area (Å²) in [7, 11) is 0. The molecule has 0 radical (unpaired) electrons. The second kappa shape index (κ2) is 4.37. The Balaban J connectivity index is 2.15. The zero-order chi connectivity index (χ0) is 12.5. The van der Waals surface area contributed by atoms with Crippen molar-refractivity contribution in [3.63, 3.8) is 0 Å². The summed E-state index contributed by atoms with van der Waals surface area (Å²) in [5.41, 5.74) is 7.92. The monoisotopic (exact) mass is 244 g/mol. The highest BCUT2D eigenvalue weighted by molar-refractivity contribution is 5.85. The SMILES string of the molecule is CCCc1cc2cc3c(cc2nc1N)OCCO3. The normalized spacial score (nSPS) is 13.8. The molecule has 0 spiro atoms. The lowest BCUT2D eigenvalue weighted by Crippen LogP contribution is -2.15. The van der Waals surface area contributed by atoms with E-state index in [9.17, 15) is 0 Å². The van der Waals surface area contributed by atoms with Gasteiger partial charge in [-0.2, -0.15) is 0 Å². The molecule has 2 aromatic rings. The molecule has 2 heterocycles. The van der Waals surface area contributed by atoms with Crippen molar-refractivity contribution in [3.05, 3.63) is 23.8 Å². The standard InChI is InChI=1S/C14H16N2O2/c1-2-3-9-6-10-7-12-13(18-5-4-17-12)8-11(10)16-14(9)15/h6-8H,2-5H2,1H3,(H2,15,16). The Kier molecular flexibility index (Phi) is 2.70. The highest BCUT2D eigenvalue weighted by Crippen LogP contribution is 2.34. The van der Waals surface area contributed by atoms with Crippen molar-refractivity contribution in [3.8, 4) is 11.5 Å². The van der Waals surface area contributed by atoms with Crippen molar-refractivity contribution in [2.75, 3.05) is 18.9 Å². The average molecular weight is 244 g/mol. The number of nitrogen functional groups attached to an aromatic ring is 1. The zero-order valence-electron chi connectivity index (χ0n) is 10.4. The third kappa shape index (κ3) is 1.83. The summed E-state index contributed by atoms with van der Waals surface area (Å²) >= 11 is 0. The molecule has 0 saturated heterocycles. The van der Waals surface area contributed by atoms with E-state index in [-0.39, 0.29) is 0 Å². The largest absolute Gasteiger partial charge is 0.486 e. The second-order valence-corrected chi connectivity index (χ2v) is 4.47. The van der Waals surface area contributed by atoms with Gasteiger partial charge in [0.1, 0.15) is 19.0 Å². The second-order valence-electron chi connectivity index (χ2n) is 4.47. The summed E-state index contributed by atoms with van der Waals surface area (Å²) in [4.78, 5) is 4.44. The Morgan fingerprint density at radius 1 is 1.17 bits per heavy atom. The van der Waals surface area contributed by atoms with Crippen molar-refractivity contribution in [2.45, 2.75) is 19.8 Å². The van der Waals surface area contributed by atoms with E-state index in [0.717, 1.165) is 40.8 Å². The number of aromatic nitrogens is 1. The Bertz CT molecular complexity index is 596. The molecule has 4 heteroatoms. The van der Waals surface area contributed by atoms with Gasteiger partial charge in [-0.25, -0.2) is 4.98 Å². The quantitative estimate of drug-likeness (QED) is 0.882. The number of aryl methyl sites for hydroxylation is 1. The van der Waals surface area contributed by atoms with Gasteiger partial charge in [0.25, 0.3) is 0 Å². The van der Waals surface area contributed by atoms with E-state index in [1.807, 2.05) is 12.1 Å². The first kappa shape index (κ1) is 11.1. The van der Waals surface area contributed by atoms with Crippen LogP contribution >= 0.6 is 0 Å². The van der Waals surface area contributed by atoms with Gasteiger partial charge in [-0.1, -0.05) is 13.3 Å². The minimum atomic E-state index is 0.585. The first-order valence-electron chi connectivity index (χ1n) is 6.26. The molecule has 2 N–H and O–H groups in total. The minimum Gasteiger partial charge on any atom is -0.486 e. The predicted octanol–water partition coefficient (Wildman–Crippen LogP) is 2.54. The number of pyridine rings is 1. The molecule has 3 rings (SSSR count). The van der Waals surface area contributed by atoms with Crippen LogP contribution < -0.4 is 15.2 Å². The summed E-state index contributed by atoms with van der Waals surface area (Å²) in [5.74, 6) is 2.16. The van der Waals surface area contributed by atoms with Crippen LogP contribution in [0.25, 0.3) is 10.9 Å². The Labute approximate surface area is 106 Å². The van der Waals surface area contributed by atoms with Crippen LogP contribution in [0.3, 0.4) is 0 Å². The van der Waals surface area contributed by atoms with Crippen LogP contribution in [0.15, 0.2) is 18.2 Å². The van der Waals surface area contributed by atoms with Crippen LogP contribution in [0, 0.1) is 0 Å². The summed E-state index contributed by atoms with van der Waals surface area (Å²) < 4.78 is 11.1. The van der Waals surface area contributed by atoms with Crippen molar-refractivity contribution < 1.29 is 9.47 Å². The Morgan fingerprint density at radius 3 is 2.61 bits per heavy atom. The summed E-state index contributed by atoms with van der Waals surface area (Å²) in [6, 6.07) is 5.98. The van der Waals surface area contributed by atoms with E-state index < -0.39 is 0 Å². The van der Waals surface area contributed by atoms with E-state index in [4.69, 9.17) is 15.2 Å². The molecule has 1 aromatic carbocycles. The molecule has 1 aliphatic rings. The fourth-order valence-corrected chi connectivity index (χ4v) is 2.24. The lowest BCUT2D eigenvalue weighted by molar-refractivity contribution is 0.172. The molecule has 0 bridgehead atoms. The van der Waals surface area contributed by atoms with Crippen molar-refractivity contribution in [2.24, 2.45) is 0 Å². The highest BCUT2D eigenvalue weighted by Gasteiger charge is 2.14. The maximum atomic E-state index is 5.97. The molecule has 1 aliphatic heterocycles. The van der Waals surface area contributed by atoms with E-state index >= 15 is 0 Å². The van der Waals surface area contributed by atoms with Gasteiger partial charge >= 0.3 is 0 Å². The Morgan fingerprint density at radius 2 is 1.89 bits per heavy atom. The lowest BCUT2D eigenvalue weighted by atomic mass is 10.1. The van der Waals surface area contributed by atoms with E-state index in [0.29, 0.717) is 19.0 Å². The number of fused-ring (bicyclic) bond motifs is 2. The molecule has 4 nitrogen and oxygen atoms in total. The molecule has 18 heavy (non-hydrogen) atoms. The highest BCUT2D eigenvalue weighted by atomic mass is 16.6. The number of anilines is 1. The number of nitrogens with zero attached hydrogens (tertiary/aromatic N) is 1. The van der Waals surface area contributed by atoms with Crippen molar-refractivity contribution in [1.82, 2.24) is 4.98 Å². The molecule has 0 saturated carbocycles. The third-order valence-corrected chi connectivity index (χ3v) is 3.11. The third-order valence-electron chi connectivity index (χ3n) is 3.11. The Hall–Kier alpha value is -1.97. The molecule has 0 fully saturated rings. The zero-order valence-corrected chi connectivity index (χ0v) is 10.4. The van der Waals surface area contributed by atoms with Gasteiger partial charge in [-0.15, -0.1) is 0 Å². The van der Waals surface area contributed by atoms with Crippen LogP contribution in [0.4, 0.5) is 5.82 Å².